The molecule has 0 fully saturated rings. The molecule has 3 N–H and O–H groups in total. The molecule has 0 aliphatic heterocycles. The zero-order valence-corrected chi connectivity index (χ0v) is 25.1. The fourth-order valence-electron chi connectivity index (χ4n) is 3.20. The molecule has 2 atom stereocenters. The third kappa shape index (κ3) is 11.5. The number of ether oxygens (including phenoxy) is 1. The molecule has 2 aromatic carbocycles. The van der Waals surface area contributed by atoms with Gasteiger partial charge in [-0.3, -0.25) is 4.79 Å². The van der Waals surface area contributed by atoms with E-state index in [4.69, 9.17) is 56.9 Å². The van der Waals surface area contributed by atoms with Gasteiger partial charge < -0.3 is 15.8 Å². The van der Waals surface area contributed by atoms with Crippen molar-refractivity contribution < 1.29 is 14.3 Å². The van der Waals surface area contributed by atoms with Gasteiger partial charge in [0, 0.05) is 49.5 Å². The van der Waals surface area contributed by atoms with Crippen LogP contribution < -0.4 is 11.1 Å². The van der Waals surface area contributed by atoms with Crippen molar-refractivity contribution >= 4 is 94.2 Å². The van der Waals surface area contributed by atoms with E-state index in [1.54, 1.807) is 48.6 Å². The number of amides is 1. The summed E-state index contributed by atoms with van der Waals surface area (Å²) in [5, 5.41) is 3.61. The van der Waals surface area contributed by atoms with Gasteiger partial charge in [-0.05, 0) is 54.8 Å². The number of hydrogen-bond donors (Lipinski definition) is 2. The number of halogens is 5. The highest BCUT2D eigenvalue weighted by Crippen LogP contribution is 2.28. The molecule has 5 nitrogen and oxygen atoms in total. The molecule has 2 aromatic rings. The summed E-state index contributed by atoms with van der Waals surface area (Å²) in [4.78, 5) is 27.6. The first-order valence-electron chi connectivity index (χ1n) is 10.9. The average Bonchev–Trinajstić information content (AvgIpc) is 2.82. The Balaban J connectivity index is 0.00000648. The van der Waals surface area contributed by atoms with Crippen LogP contribution in [0.3, 0.4) is 0 Å². The van der Waals surface area contributed by atoms with Crippen molar-refractivity contribution in [1.29, 1.82) is 0 Å². The summed E-state index contributed by atoms with van der Waals surface area (Å²) in [5.74, 6) is 1.60. The number of nitrogens with one attached hydrogen (secondary N) is 1. The largest absolute Gasteiger partial charge is 0.464 e. The molecule has 2 rings (SSSR count). The maximum Gasteiger partial charge on any atom is 0.328 e. The van der Waals surface area contributed by atoms with Gasteiger partial charge >= 0.3 is 5.97 Å². The van der Waals surface area contributed by atoms with Crippen LogP contribution in [-0.2, 0) is 27.2 Å². The van der Waals surface area contributed by atoms with Crippen molar-refractivity contribution in [1.82, 2.24) is 5.32 Å². The molecule has 0 heterocycles. The predicted molar refractivity (Wildman–Crippen MR) is 157 cm³/mol. The number of rotatable bonds is 14. The van der Waals surface area contributed by atoms with Crippen LogP contribution in [-0.4, -0.2) is 53.8 Å². The second-order valence-corrected chi connectivity index (χ2v) is 11.4. The number of carbonyl (C=O) groups is 2. The third-order valence-corrected chi connectivity index (χ3v) is 8.12. The zero-order chi connectivity index (χ0) is 25.8. The van der Waals surface area contributed by atoms with Crippen LogP contribution >= 0.6 is 82.3 Å². The molecule has 0 saturated heterocycles. The minimum atomic E-state index is -0.937. The summed E-state index contributed by atoms with van der Waals surface area (Å²) in [6, 6.07) is 9.26. The molecule has 0 spiro atoms. The molecule has 0 saturated carbocycles. The van der Waals surface area contributed by atoms with Crippen LogP contribution in [0, 0.1) is 0 Å². The summed E-state index contributed by atoms with van der Waals surface area (Å²) in [6.45, 7) is 1.88. The fraction of sp³-hybridized carbons (Fsp3) is 0.417. The van der Waals surface area contributed by atoms with E-state index in [1.807, 2.05) is 12.1 Å². The quantitative estimate of drug-likeness (QED) is 0.146. The Hall–Kier alpha value is -0.510. The Bertz CT molecular complexity index is 974. The lowest BCUT2D eigenvalue weighted by atomic mass is 10.0. The van der Waals surface area contributed by atoms with Gasteiger partial charge in [-0.25, -0.2) is 4.79 Å². The smallest absolute Gasteiger partial charge is 0.328 e. The molecular weight excluding hydrogens is 606 g/mol. The number of benzene rings is 2. The number of hydrogen-bond acceptors (Lipinski definition) is 6. The highest BCUT2D eigenvalue weighted by atomic mass is 35.5. The zero-order valence-electron chi connectivity index (χ0n) is 19.6. The van der Waals surface area contributed by atoms with Gasteiger partial charge in [0.25, 0.3) is 0 Å². The number of carbonyl (C=O) groups excluding carboxylic acids is 2. The van der Waals surface area contributed by atoms with Crippen LogP contribution in [0.25, 0.3) is 0 Å². The van der Waals surface area contributed by atoms with Crippen LogP contribution in [0.5, 0.6) is 0 Å². The molecule has 200 valence electrons. The first kappa shape index (κ1) is 33.5. The molecule has 36 heavy (non-hydrogen) atoms. The highest BCUT2D eigenvalue weighted by molar-refractivity contribution is 8.00. The Morgan fingerprint density at radius 1 is 1.00 bits per heavy atom. The van der Waals surface area contributed by atoms with E-state index in [1.165, 1.54) is 0 Å². The lowest BCUT2D eigenvalue weighted by Gasteiger charge is -2.21. The molecule has 0 radical (unpaired) electrons. The molecule has 0 aliphatic rings. The highest BCUT2D eigenvalue weighted by Gasteiger charge is 2.26. The minimum Gasteiger partial charge on any atom is -0.464 e. The third-order valence-electron chi connectivity index (χ3n) is 4.75. The topological polar surface area (TPSA) is 81.4 Å². The van der Waals surface area contributed by atoms with Crippen molar-refractivity contribution in [3.8, 4) is 0 Å². The molecule has 0 unspecified atom stereocenters. The Morgan fingerprint density at radius 3 is 2.14 bits per heavy atom. The van der Waals surface area contributed by atoms with Crippen molar-refractivity contribution in [3.05, 3.63) is 57.6 Å². The van der Waals surface area contributed by atoms with Crippen molar-refractivity contribution in [2.45, 2.75) is 41.6 Å². The van der Waals surface area contributed by atoms with Gasteiger partial charge in [0.2, 0.25) is 5.91 Å². The normalized spacial score (nSPS) is 12.4. The van der Waals surface area contributed by atoms with Gasteiger partial charge in [0.15, 0.2) is 0 Å². The first-order chi connectivity index (χ1) is 16.8. The van der Waals surface area contributed by atoms with Gasteiger partial charge in [-0.15, -0.1) is 59.1 Å². The standard InChI is InChI=1S/C24H28Cl4N2O3S2.ClH/c1-2-33-24(32)22(12-16-3-4-17(27)13-20(16)28)30-23(31)21(29)11-15-9-18(34-7-5-25)14-19(10-15)35-8-6-26;/h3-4,9-10,13-14,21-22H,2,5-8,11-12,29H2,1H3,(H,30,31);1H/t21-,22-;/m0./s1. The summed E-state index contributed by atoms with van der Waals surface area (Å²) >= 11 is 27.2. The SMILES string of the molecule is CCOC(=O)[C@H](Cc1ccc(Cl)cc1Cl)NC(=O)[C@@H](N)Cc1cc(SCCCl)cc(SCCCl)c1.Cl. The second-order valence-electron chi connectivity index (χ2n) is 7.45. The predicted octanol–water partition coefficient (Wildman–Crippen LogP) is 6.24. The lowest BCUT2D eigenvalue weighted by molar-refractivity contribution is -0.147. The first-order valence-corrected chi connectivity index (χ1v) is 14.7. The summed E-state index contributed by atoms with van der Waals surface area (Å²) in [7, 11) is 0. The van der Waals surface area contributed by atoms with E-state index >= 15 is 0 Å². The lowest BCUT2D eigenvalue weighted by Crippen LogP contribution is -2.50. The Morgan fingerprint density at radius 2 is 1.61 bits per heavy atom. The Kier molecular flexibility index (Phi) is 16.7. The van der Waals surface area contributed by atoms with Gasteiger partial charge in [0.1, 0.15) is 6.04 Å². The van der Waals surface area contributed by atoms with Crippen LogP contribution in [0.4, 0.5) is 0 Å². The number of thioether (sulfide) groups is 2. The van der Waals surface area contributed by atoms with E-state index in [-0.39, 0.29) is 25.4 Å². The minimum absolute atomic E-state index is 0. The molecular formula is C24H29Cl5N2O3S2. The second kappa shape index (κ2) is 17.9. The fourth-order valence-corrected chi connectivity index (χ4v) is 5.74. The maximum absolute atomic E-state index is 13.0. The molecule has 0 aromatic heterocycles. The van der Waals surface area contributed by atoms with Crippen molar-refractivity contribution in [2.24, 2.45) is 5.73 Å². The molecule has 1 amide bonds. The van der Waals surface area contributed by atoms with E-state index in [0.717, 1.165) is 26.9 Å². The van der Waals surface area contributed by atoms with Crippen molar-refractivity contribution in [3.63, 3.8) is 0 Å². The average molecular weight is 635 g/mol. The number of nitrogens with two attached hydrogens (primary N) is 1. The maximum atomic E-state index is 13.0. The monoisotopic (exact) mass is 632 g/mol. The van der Waals surface area contributed by atoms with E-state index in [9.17, 15) is 9.59 Å². The molecule has 12 heteroatoms. The van der Waals surface area contributed by atoms with Gasteiger partial charge in [0.05, 0.1) is 12.6 Å². The number of alkyl halides is 2. The summed E-state index contributed by atoms with van der Waals surface area (Å²) in [6.07, 6.45) is 0.448. The molecule has 0 aliphatic carbocycles. The van der Waals surface area contributed by atoms with E-state index < -0.39 is 24.0 Å². The van der Waals surface area contributed by atoms with E-state index in [2.05, 4.69) is 11.4 Å². The number of esters is 1. The van der Waals surface area contributed by atoms with Gasteiger partial charge in [-0.1, -0.05) is 29.3 Å². The van der Waals surface area contributed by atoms with Crippen molar-refractivity contribution in [2.75, 3.05) is 29.9 Å². The summed E-state index contributed by atoms with van der Waals surface area (Å²) < 4.78 is 5.15. The van der Waals surface area contributed by atoms with E-state index in [0.29, 0.717) is 33.8 Å². The van der Waals surface area contributed by atoms with Crippen LogP contribution in [0.15, 0.2) is 46.2 Å². The Labute approximate surface area is 247 Å². The van der Waals surface area contributed by atoms with Gasteiger partial charge in [-0.2, -0.15) is 0 Å². The molecule has 0 bridgehead atoms. The van der Waals surface area contributed by atoms with Crippen LogP contribution in [0.2, 0.25) is 10.0 Å². The summed E-state index contributed by atoms with van der Waals surface area (Å²) in [5.41, 5.74) is 7.83. The van der Waals surface area contributed by atoms with Crippen LogP contribution in [0.1, 0.15) is 18.1 Å².